The molecule has 0 bridgehead atoms. The summed E-state index contributed by atoms with van der Waals surface area (Å²) in [5.41, 5.74) is 2.16. The predicted molar refractivity (Wildman–Crippen MR) is 74.8 cm³/mol. The minimum atomic E-state index is 0.753. The molecule has 0 spiro atoms. The van der Waals surface area contributed by atoms with Crippen molar-refractivity contribution in [2.45, 2.75) is 38.8 Å². The van der Waals surface area contributed by atoms with Gasteiger partial charge in [-0.05, 0) is 19.3 Å². The molecule has 1 aromatic rings. The lowest BCUT2D eigenvalue weighted by Crippen LogP contribution is -2.28. The van der Waals surface area contributed by atoms with Crippen LogP contribution in [0.2, 0.25) is 5.02 Å². The fourth-order valence-electron chi connectivity index (χ4n) is 2.12. The van der Waals surface area contributed by atoms with Gasteiger partial charge in [0.15, 0.2) is 0 Å². The zero-order valence-electron chi connectivity index (χ0n) is 10.4. The molecule has 1 aromatic heterocycles. The lowest BCUT2D eigenvalue weighted by Gasteiger charge is -2.20. The van der Waals surface area contributed by atoms with Crippen LogP contribution in [0.1, 0.15) is 31.2 Å². The quantitative estimate of drug-likeness (QED) is 0.751. The molecular formula is C12H19BrClN3. The Morgan fingerprint density at radius 2 is 2.24 bits per heavy atom. The third kappa shape index (κ3) is 3.04. The van der Waals surface area contributed by atoms with E-state index in [2.05, 4.69) is 32.9 Å². The molecule has 96 valence electrons. The maximum Gasteiger partial charge on any atom is 0.0863 e. The molecule has 0 saturated heterocycles. The second kappa shape index (κ2) is 5.72. The first-order chi connectivity index (χ1) is 8.17. The minimum Gasteiger partial charge on any atom is -0.294 e. The van der Waals surface area contributed by atoms with Crippen LogP contribution < -0.4 is 0 Å². The molecule has 3 nitrogen and oxygen atoms in total. The van der Waals surface area contributed by atoms with Gasteiger partial charge in [-0.1, -0.05) is 34.5 Å². The number of rotatable bonds is 6. The van der Waals surface area contributed by atoms with Crippen molar-refractivity contribution < 1.29 is 0 Å². The molecule has 0 radical (unpaired) electrons. The third-order valence-corrected chi connectivity index (χ3v) is 4.08. The topological polar surface area (TPSA) is 21.1 Å². The van der Waals surface area contributed by atoms with Crippen molar-refractivity contribution >= 4 is 27.5 Å². The summed E-state index contributed by atoms with van der Waals surface area (Å²) in [7, 11) is 1.99. The van der Waals surface area contributed by atoms with Gasteiger partial charge in [-0.3, -0.25) is 9.58 Å². The normalized spacial score (nSPS) is 15.8. The van der Waals surface area contributed by atoms with Crippen molar-refractivity contribution in [3.8, 4) is 0 Å². The SMILES string of the molecule is CCc1nn(C)c(CN(CCBr)C2CC2)c1Cl. The maximum absolute atomic E-state index is 6.38. The molecule has 0 aliphatic heterocycles. The predicted octanol–water partition coefficient (Wildman–Crippen LogP) is 3.00. The summed E-state index contributed by atoms with van der Waals surface area (Å²) < 4.78 is 1.94. The molecule has 1 fully saturated rings. The molecular weight excluding hydrogens is 302 g/mol. The van der Waals surface area contributed by atoms with Crippen LogP contribution in [0, 0.1) is 0 Å². The molecule has 0 N–H and O–H groups in total. The fraction of sp³-hybridized carbons (Fsp3) is 0.750. The summed E-state index contributed by atoms with van der Waals surface area (Å²) in [5, 5.41) is 6.34. The van der Waals surface area contributed by atoms with Gasteiger partial charge in [-0.2, -0.15) is 5.10 Å². The highest BCUT2D eigenvalue weighted by molar-refractivity contribution is 9.09. The van der Waals surface area contributed by atoms with Crippen molar-refractivity contribution in [1.82, 2.24) is 14.7 Å². The van der Waals surface area contributed by atoms with E-state index in [0.29, 0.717) is 0 Å². The van der Waals surface area contributed by atoms with Crippen LogP contribution in [0.15, 0.2) is 0 Å². The van der Waals surface area contributed by atoms with E-state index in [1.807, 2.05) is 11.7 Å². The van der Waals surface area contributed by atoms with Gasteiger partial charge in [0, 0.05) is 31.5 Å². The monoisotopic (exact) mass is 319 g/mol. The van der Waals surface area contributed by atoms with E-state index in [4.69, 9.17) is 11.6 Å². The second-order valence-electron chi connectivity index (χ2n) is 4.58. The minimum absolute atomic E-state index is 0.753. The smallest absolute Gasteiger partial charge is 0.0863 e. The first kappa shape index (κ1) is 13.4. The zero-order chi connectivity index (χ0) is 12.4. The van der Waals surface area contributed by atoms with E-state index in [9.17, 15) is 0 Å². The Kier molecular flexibility index (Phi) is 4.50. The van der Waals surface area contributed by atoms with Gasteiger partial charge in [-0.25, -0.2) is 0 Å². The van der Waals surface area contributed by atoms with Crippen molar-refractivity contribution in [1.29, 1.82) is 0 Å². The summed E-state index contributed by atoms with van der Waals surface area (Å²) in [6.07, 6.45) is 3.54. The number of aryl methyl sites for hydroxylation is 2. The van der Waals surface area contributed by atoms with E-state index in [1.54, 1.807) is 0 Å². The molecule has 0 atom stereocenters. The van der Waals surface area contributed by atoms with Crippen molar-refractivity contribution in [2.75, 3.05) is 11.9 Å². The molecule has 1 saturated carbocycles. The Balaban J connectivity index is 2.13. The number of hydrogen-bond donors (Lipinski definition) is 0. The molecule has 5 heteroatoms. The summed E-state index contributed by atoms with van der Waals surface area (Å²) in [4.78, 5) is 2.50. The lowest BCUT2D eigenvalue weighted by molar-refractivity contribution is 0.265. The van der Waals surface area contributed by atoms with E-state index < -0.39 is 0 Å². The molecule has 1 heterocycles. The molecule has 1 aliphatic carbocycles. The van der Waals surface area contributed by atoms with E-state index >= 15 is 0 Å². The van der Waals surface area contributed by atoms with Gasteiger partial charge < -0.3 is 0 Å². The van der Waals surface area contributed by atoms with Crippen molar-refractivity contribution in [3.63, 3.8) is 0 Å². The Morgan fingerprint density at radius 1 is 1.53 bits per heavy atom. The summed E-state index contributed by atoms with van der Waals surface area (Å²) in [6, 6.07) is 0.753. The Bertz CT molecular complexity index is 387. The lowest BCUT2D eigenvalue weighted by atomic mass is 10.3. The number of halogens is 2. The number of hydrogen-bond acceptors (Lipinski definition) is 2. The van der Waals surface area contributed by atoms with Gasteiger partial charge in [0.1, 0.15) is 0 Å². The van der Waals surface area contributed by atoms with Crippen LogP contribution in [0.25, 0.3) is 0 Å². The van der Waals surface area contributed by atoms with Gasteiger partial charge in [0.05, 0.1) is 16.4 Å². The zero-order valence-corrected chi connectivity index (χ0v) is 12.8. The van der Waals surface area contributed by atoms with Crippen LogP contribution >= 0.6 is 27.5 Å². The highest BCUT2D eigenvalue weighted by atomic mass is 79.9. The third-order valence-electron chi connectivity index (χ3n) is 3.29. The first-order valence-electron chi connectivity index (χ1n) is 6.17. The van der Waals surface area contributed by atoms with Crippen LogP contribution in [-0.4, -0.2) is 32.6 Å². The van der Waals surface area contributed by atoms with Crippen LogP contribution in [0.4, 0.5) is 0 Å². The second-order valence-corrected chi connectivity index (χ2v) is 5.75. The van der Waals surface area contributed by atoms with Crippen LogP contribution in [0.3, 0.4) is 0 Å². The van der Waals surface area contributed by atoms with Crippen molar-refractivity contribution in [2.24, 2.45) is 7.05 Å². The van der Waals surface area contributed by atoms with Gasteiger partial charge in [-0.15, -0.1) is 0 Å². The first-order valence-corrected chi connectivity index (χ1v) is 7.67. The van der Waals surface area contributed by atoms with Crippen LogP contribution in [-0.2, 0) is 20.0 Å². The fourth-order valence-corrected chi connectivity index (χ4v) is 2.93. The Hall–Kier alpha value is -0.0600. The van der Waals surface area contributed by atoms with Crippen molar-refractivity contribution in [3.05, 3.63) is 16.4 Å². The van der Waals surface area contributed by atoms with E-state index in [0.717, 1.165) is 47.3 Å². The number of aromatic nitrogens is 2. The standard InChI is InChI=1S/C12H19BrClN3/c1-3-10-12(14)11(16(2)15-10)8-17(7-6-13)9-4-5-9/h9H,3-8H2,1-2H3. The molecule has 1 aliphatic rings. The Morgan fingerprint density at radius 3 is 2.71 bits per heavy atom. The Labute approximate surface area is 116 Å². The number of alkyl halides is 1. The summed E-state index contributed by atoms with van der Waals surface area (Å²) >= 11 is 9.90. The van der Waals surface area contributed by atoms with E-state index in [1.165, 1.54) is 12.8 Å². The molecule has 0 amide bonds. The summed E-state index contributed by atoms with van der Waals surface area (Å²) in [5.74, 6) is 0. The molecule has 2 rings (SSSR count). The maximum atomic E-state index is 6.38. The summed E-state index contributed by atoms with van der Waals surface area (Å²) in [6.45, 7) is 4.08. The average Bonchev–Trinajstić information content (AvgIpc) is 3.10. The van der Waals surface area contributed by atoms with Crippen LogP contribution in [0.5, 0.6) is 0 Å². The molecule has 0 aromatic carbocycles. The molecule has 17 heavy (non-hydrogen) atoms. The van der Waals surface area contributed by atoms with E-state index in [-0.39, 0.29) is 0 Å². The highest BCUT2D eigenvalue weighted by Gasteiger charge is 2.29. The van der Waals surface area contributed by atoms with Gasteiger partial charge in [0.25, 0.3) is 0 Å². The molecule has 0 unspecified atom stereocenters. The largest absolute Gasteiger partial charge is 0.294 e. The highest BCUT2D eigenvalue weighted by Crippen LogP contribution is 2.30. The average molecular weight is 321 g/mol. The van der Waals surface area contributed by atoms with Gasteiger partial charge >= 0.3 is 0 Å². The number of nitrogens with zero attached hydrogens (tertiary/aromatic N) is 3. The van der Waals surface area contributed by atoms with Gasteiger partial charge in [0.2, 0.25) is 0 Å².